The molecule has 8 heteroatoms. The Hall–Kier alpha value is -2.09. The van der Waals surface area contributed by atoms with Gasteiger partial charge in [-0.15, -0.1) is 0 Å². The van der Waals surface area contributed by atoms with Gasteiger partial charge in [-0.05, 0) is 37.6 Å². The Morgan fingerprint density at radius 1 is 1.17 bits per heavy atom. The molecular weight excluding hydrogens is 334 g/mol. The number of hydrogen-bond acceptors (Lipinski definition) is 5. The first-order valence-corrected chi connectivity index (χ1v) is 9.55. The van der Waals surface area contributed by atoms with Crippen LogP contribution in [0.5, 0.6) is 5.75 Å². The topological polar surface area (TPSA) is 101 Å². The van der Waals surface area contributed by atoms with Gasteiger partial charge in [0.1, 0.15) is 5.75 Å². The van der Waals surface area contributed by atoms with E-state index >= 15 is 0 Å². The molecule has 134 valence electrons. The lowest BCUT2D eigenvalue weighted by Crippen LogP contribution is -2.32. The first kappa shape index (κ1) is 20.0. The average Bonchev–Trinajstić information content (AvgIpc) is 2.51. The maximum Gasteiger partial charge on any atom is 0.305 e. The Balaban J connectivity index is 2.37. The fourth-order valence-corrected chi connectivity index (χ4v) is 2.67. The predicted molar refractivity (Wildman–Crippen MR) is 88.8 cm³/mol. The molecule has 0 aromatic heterocycles. The van der Waals surface area contributed by atoms with Crippen LogP contribution in [0.1, 0.15) is 26.2 Å². The van der Waals surface area contributed by atoms with E-state index in [-0.39, 0.29) is 30.2 Å². The van der Waals surface area contributed by atoms with Crippen molar-refractivity contribution in [2.75, 3.05) is 26.0 Å². The highest BCUT2D eigenvalue weighted by Gasteiger charge is 2.12. The molecule has 0 spiro atoms. The van der Waals surface area contributed by atoms with Crippen molar-refractivity contribution in [3.05, 3.63) is 24.3 Å². The Bertz CT molecular complexity index is 654. The minimum Gasteiger partial charge on any atom is -0.494 e. The van der Waals surface area contributed by atoms with Crippen LogP contribution in [0, 0.1) is 0 Å². The molecule has 1 aromatic rings. The number of amides is 1. The smallest absolute Gasteiger partial charge is 0.305 e. The molecule has 0 heterocycles. The largest absolute Gasteiger partial charge is 0.494 e. The number of benzene rings is 1. The van der Waals surface area contributed by atoms with E-state index in [4.69, 9.17) is 9.84 Å². The van der Waals surface area contributed by atoms with Crippen LogP contribution < -0.4 is 4.74 Å². The van der Waals surface area contributed by atoms with Gasteiger partial charge in [-0.3, -0.25) is 9.59 Å². The van der Waals surface area contributed by atoms with Gasteiger partial charge < -0.3 is 14.7 Å². The highest BCUT2D eigenvalue weighted by molar-refractivity contribution is 7.90. The Kier molecular flexibility index (Phi) is 7.70. The van der Waals surface area contributed by atoms with Crippen molar-refractivity contribution in [1.82, 2.24) is 4.90 Å². The lowest BCUT2D eigenvalue weighted by atomic mass is 10.2. The molecule has 1 aromatic carbocycles. The predicted octanol–water partition coefficient (Wildman–Crippen LogP) is 1.57. The molecule has 7 nitrogen and oxygen atoms in total. The van der Waals surface area contributed by atoms with Gasteiger partial charge in [0.25, 0.3) is 0 Å². The van der Waals surface area contributed by atoms with Gasteiger partial charge in [-0.25, -0.2) is 8.42 Å². The second-order valence-electron chi connectivity index (χ2n) is 5.31. The zero-order valence-electron chi connectivity index (χ0n) is 13.9. The summed E-state index contributed by atoms with van der Waals surface area (Å²) in [7, 11) is -3.23. The highest BCUT2D eigenvalue weighted by Crippen LogP contribution is 2.16. The minimum atomic E-state index is -3.23. The first-order chi connectivity index (χ1) is 11.2. The molecule has 0 bridgehead atoms. The second-order valence-corrected chi connectivity index (χ2v) is 7.33. The highest BCUT2D eigenvalue weighted by atomic mass is 32.2. The number of carbonyl (C=O) groups is 2. The van der Waals surface area contributed by atoms with Crippen LogP contribution in [0.3, 0.4) is 0 Å². The number of aliphatic carboxylic acids is 1. The van der Waals surface area contributed by atoms with Crippen molar-refractivity contribution in [2.45, 2.75) is 31.1 Å². The number of carboxylic acids is 1. The normalized spacial score (nSPS) is 11.1. The summed E-state index contributed by atoms with van der Waals surface area (Å²) in [6.45, 7) is 2.80. The van der Waals surface area contributed by atoms with Gasteiger partial charge in [0.05, 0.1) is 17.9 Å². The standard InChI is InChI=1S/C16H23NO6S/c1-3-17(11-10-16(19)20)15(18)5-4-12-23-13-6-8-14(9-7-13)24(2,21)22/h6-9H,3-5,10-12H2,1-2H3,(H,19,20). The van der Waals surface area contributed by atoms with Crippen LogP contribution in [-0.2, 0) is 19.4 Å². The van der Waals surface area contributed by atoms with Crippen LogP contribution in [-0.4, -0.2) is 56.3 Å². The molecule has 0 aliphatic heterocycles. The average molecular weight is 357 g/mol. The van der Waals surface area contributed by atoms with Crippen molar-refractivity contribution in [2.24, 2.45) is 0 Å². The van der Waals surface area contributed by atoms with Gasteiger partial charge in [-0.1, -0.05) is 0 Å². The molecule has 0 aliphatic carbocycles. The van der Waals surface area contributed by atoms with Crippen LogP contribution in [0.4, 0.5) is 0 Å². The summed E-state index contributed by atoms with van der Waals surface area (Å²) >= 11 is 0. The molecule has 0 saturated carbocycles. The summed E-state index contributed by atoms with van der Waals surface area (Å²) in [5, 5.41) is 8.65. The third-order valence-electron chi connectivity index (χ3n) is 3.39. The molecule has 0 aliphatic rings. The van der Waals surface area contributed by atoms with Crippen LogP contribution >= 0.6 is 0 Å². The third kappa shape index (κ3) is 6.99. The van der Waals surface area contributed by atoms with E-state index in [1.807, 2.05) is 0 Å². The van der Waals surface area contributed by atoms with Crippen molar-refractivity contribution in [3.63, 3.8) is 0 Å². The molecule has 1 amide bonds. The number of hydrogen-bond donors (Lipinski definition) is 1. The number of carbonyl (C=O) groups excluding carboxylic acids is 1. The summed E-state index contributed by atoms with van der Waals surface area (Å²) in [5.41, 5.74) is 0. The van der Waals surface area contributed by atoms with E-state index in [1.54, 1.807) is 19.1 Å². The zero-order valence-corrected chi connectivity index (χ0v) is 14.7. The van der Waals surface area contributed by atoms with Gasteiger partial charge in [-0.2, -0.15) is 0 Å². The van der Waals surface area contributed by atoms with E-state index < -0.39 is 15.8 Å². The lowest BCUT2D eigenvalue weighted by molar-refractivity contribution is -0.138. The summed E-state index contributed by atoms with van der Waals surface area (Å²) in [4.78, 5) is 24.2. The van der Waals surface area contributed by atoms with Gasteiger partial charge in [0.2, 0.25) is 5.91 Å². The number of sulfone groups is 1. The van der Waals surface area contributed by atoms with E-state index in [0.717, 1.165) is 6.26 Å². The number of rotatable bonds is 10. The molecule has 0 atom stereocenters. The Morgan fingerprint density at radius 3 is 2.29 bits per heavy atom. The summed E-state index contributed by atoms with van der Waals surface area (Å²) in [5.74, 6) is -0.495. The SMILES string of the molecule is CCN(CCC(=O)O)C(=O)CCCOc1ccc(S(C)(=O)=O)cc1. The molecule has 0 fully saturated rings. The van der Waals surface area contributed by atoms with Gasteiger partial charge in [0, 0.05) is 25.8 Å². The van der Waals surface area contributed by atoms with Crippen molar-refractivity contribution in [1.29, 1.82) is 0 Å². The summed E-state index contributed by atoms with van der Waals surface area (Å²) < 4.78 is 28.2. The molecule has 0 radical (unpaired) electrons. The molecule has 1 N–H and O–H groups in total. The third-order valence-corrected chi connectivity index (χ3v) is 4.51. The van der Waals surface area contributed by atoms with Crippen molar-refractivity contribution < 1.29 is 27.9 Å². The molecular formula is C16H23NO6S. The molecule has 24 heavy (non-hydrogen) atoms. The number of carboxylic acid groups (broad SMARTS) is 1. The number of ether oxygens (including phenoxy) is 1. The van der Waals surface area contributed by atoms with E-state index in [9.17, 15) is 18.0 Å². The molecule has 0 saturated heterocycles. The zero-order chi connectivity index (χ0) is 18.2. The lowest BCUT2D eigenvalue weighted by Gasteiger charge is -2.19. The maximum absolute atomic E-state index is 12.0. The van der Waals surface area contributed by atoms with Gasteiger partial charge in [0.15, 0.2) is 9.84 Å². The second kappa shape index (κ2) is 9.27. The maximum atomic E-state index is 12.0. The van der Waals surface area contributed by atoms with Crippen LogP contribution in [0.15, 0.2) is 29.2 Å². The quantitative estimate of drug-likeness (QED) is 0.638. The first-order valence-electron chi connectivity index (χ1n) is 7.66. The fourth-order valence-electron chi connectivity index (χ4n) is 2.04. The van der Waals surface area contributed by atoms with E-state index in [1.165, 1.54) is 17.0 Å². The Labute approximate surface area is 142 Å². The molecule has 1 rings (SSSR count). The molecule has 0 unspecified atom stereocenters. The van der Waals surface area contributed by atoms with Crippen LogP contribution in [0.25, 0.3) is 0 Å². The summed E-state index contributed by atoms with van der Waals surface area (Å²) in [6.07, 6.45) is 1.84. The summed E-state index contributed by atoms with van der Waals surface area (Å²) in [6, 6.07) is 6.09. The van der Waals surface area contributed by atoms with Crippen molar-refractivity contribution in [3.8, 4) is 5.75 Å². The van der Waals surface area contributed by atoms with E-state index in [0.29, 0.717) is 25.3 Å². The minimum absolute atomic E-state index is 0.0667. The van der Waals surface area contributed by atoms with Crippen molar-refractivity contribution >= 4 is 21.7 Å². The van der Waals surface area contributed by atoms with E-state index in [2.05, 4.69) is 0 Å². The number of nitrogens with zero attached hydrogens (tertiary/aromatic N) is 1. The fraction of sp³-hybridized carbons (Fsp3) is 0.500. The monoisotopic (exact) mass is 357 g/mol. The van der Waals surface area contributed by atoms with Gasteiger partial charge >= 0.3 is 5.97 Å². The Morgan fingerprint density at radius 2 is 1.79 bits per heavy atom. The van der Waals surface area contributed by atoms with Crippen LogP contribution in [0.2, 0.25) is 0 Å².